The lowest BCUT2D eigenvalue weighted by molar-refractivity contribution is 0.0697. The number of aromatic carboxylic acids is 1. The van der Waals surface area contributed by atoms with Crippen LogP contribution < -0.4 is 9.47 Å². The molecule has 6 nitrogen and oxygen atoms in total. The van der Waals surface area contributed by atoms with Crippen molar-refractivity contribution in [1.82, 2.24) is 9.97 Å². The zero-order valence-electron chi connectivity index (χ0n) is 16.1. The summed E-state index contributed by atoms with van der Waals surface area (Å²) in [6.45, 7) is 0.272. The number of rotatable bonds is 6. The maximum Gasteiger partial charge on any atom is 0.335 e. The second kappa shape index (κ2) is 8.78. The Bertz CT molecular complexity index is 1310. The van der Waals surface area contributed by atoms with Gasteiger partial charge in [0.15, 0.2) is 11.5 Å². The van der Waals surface area contributed by atoms with Crippen LogP contribution in [0.3, 0.4) is 0 Å². The van der Waals surface area contributed by atoms with E-state index in [1.165, 1.54) is 6.07 Å². The Kier molecular flexibility index (Phi) is 6.09. The van der Waals surface area contributed by atoms with Gasteiger partial charge in [0.2, 0.25) is 0 Å². The molecule has 4 aromatic rings. The number of imidazole rings is 1. The first-order valence-corrected chi connectivity index (χ1v) is 10.6. The molecule has 1 aromatic heterocycles. The Hall–Kier alpha value is -2.74. The summed E-state index contributed by atoms with van der Waals surface area (Å²) in [6.07, 6.45) is 0. The van der Waals surface area contributed by atoms with Gasteiger partial charge in [-0.1, -0.05) is 29.3 Å². The molecule has 1 heterocycles. The number of hydrogen-bond acceptors (Lipinski definition) is 4. The molecule has 0 saturated heterocycles. The number of benzene rings is 3. The Morgan fingerprint density at radius 1 is 1.13 bits per heavy atom. The van der Waals surface area contributed by atoms with Gasteiger partial charge in [-0.05, 0) is 64.0 Å². The van der Waals surface area contributed by atoms with Gasteiger partial charge in [0.1, 0.15) is 12.4 Å². The molecule has 0 radical (unpaired) electrons. The molecule has 0 bridgehead atoms. The number of hydrogen-bond donors (Lipinski definition) is 2. The van der Waals surface area contributed by atoms with E-state index in [-0.39, 0.29) is 12.2 Å². The molecule has 0 amide bonds. The molecule has 158 valence electrons. The highest BCUT2D eigenvalue weighted by atomic mass is 79.9. The SMILES string of the molecule is COc1cc(-c2nc3ccc(C(=O)O)cc3[nH]2)cc(Br)c1OCc1ccc(Cl)c(Cl)c1. The molecular formula is C22H15BrCl2N2O4. The third kappa shape index (κ3) is 4.49. The van der Waals surface area contributed by atoms with E-state index in [2.05, 4.69) is 25.9 Å². The van der Waals surface area contributed by atoms with E-state index >= 15 is 0 Å². The van der Waals surface area contributed by atoms with Crippen LogP contribution in [0.15, 0.2) is 53.0 Å². The lowest BCUT2D eigenvalue weighted by Gasteiger charge is -2.14. The second-order valence-electron chi connectivity index (χ2n) is 6.65. The number of nitrogens with zero attached hydrogens (tertiary/aromatic N) is 1. The Balaban J connectivity index is 1.65. The quantitative estimate of drug-likeness (QED) is 0.299. The first-order valence-electron chi connectivity index (χ1n) is 9.03. The van der Waals surface area contributed by atoms with Crippen LogP contribution >= 0.6 is 39.1 Å². The predicted octanol–water partition coefficient (Wildman–Crippen LogP) is 6.59. The molecular weight excluding hydrogens is 507 g/mol. The van der Waals surface area contributed by atoms with Crippen molar-refractivity contribution in [3.8, 4) is 22.9 Å². The number of aromatic nitrogens is 2. The highest BCUT2D eigenvalue weighted by molar-refractivity contribution is 9.10. The summed E-state index contributed by atoms with van der Waals surface area (Å²) in [5.74, 6) is 0.622. The lowest BCUT2D eigenvalue weighted by Crippen LogP contribution is -1.99. The van der Waals surface area contributed by atoms with Crippen molar-refractivity contribution in [3.63, 3.8) is 0 Å². The van der Waals surface area contributed by atoms with Gasteiger partial charge in [0.25, 0.3) is 0 Å². The number of ether oxygens (including phenoxy) is 2. The first-order chi connectivity index (χ1) is 14.9. The van der Waals surface area contributed by atoms with Gasteiger partial charge in [-0.3, -0.25) is 0 Å². The fourth-order valence-electron chi connectivity index (χ4n) is 3.06. The number of carboxylic acid groups (broad SMARTS) is 1. The number of fused-ring (bicyclic) bond motifs is 1. The topological polar surface area (TPSA) is 84.4 Å². The maximum absolute atomic E-state index is 11.2. The average Bonchev–Trinajstić information content (AvgIpc) is 3.18. The minimum atomic E-state index is -0.994. The summed E-state index contributed by atoms with van der Waals surface area (Å²) in [6, 6.07) is 13.7. The van der Waals surface area contributed by atoms with Gasteiger partial charge in [0.05, 0.1) is 38.2 Å². The third-order valence-corrected chi connectivity index (χ3v) is 5.93. The van der Waals surface area contributed by atoms with Crippen LogP contribution in [0.1, 0.15) is 15.9 Å². The van der Waals surface area contributed by atoms with Gasteiger partial charge in [0, 0.05) is 5.56 Å². The summed E-state index contributed by atoms with van der Waals surface area (Å²) < 4.78 is 12.2. The van der Waals surface area contributed by atoms with Crippen molar-refractivity contribution in [3.05, 3.63) is 74.2 Å². The van der Waals surface area contributed by atoms with Gasteiger partial charge < -0.3 is 19.6 Å². The summed E-state index contributed by atoms with van der Waals surface area (Å²) >= 11 is 15.6. The fourth-order valence-corrected chi connectivity index (χ4v) is 3.94. The number of H-pyrrole nitrogens is 1. The predicted molar refractivity (Wildman–Crippen MR) is 124 cm³/mol. The lowest BCUT2D eigenvalue weighted by atomic mass is 10.2. The van der Waals surface area contributed by atoms with Crippen molar-refractivity contribution in [2.45, 2.75) is 6.61 Å². The van der Waals surface area contributed by atoms with E-state index < -0.39 is 5.97 Å². The molecule has 2 N–H and O–H groups in total. The van der Waals surface area contributed by atoms with Crippen LogP contribution in [-0.2, 0) is 6.61 Å². The van der Waals surface area contributed by atoms with Crippen LogP contribution in [0.2, 0.25) is 10.0 Å². The van der Waals surface area contributed by atoms with Crippen molar-refractivity contribution in [2.24, 2.45) is 0 Å². The molecule has 0 aliphatic carbocycles. The molecule has 0 atom stereocenters. The second-order valence-corrected chi connectivity index (χ2v) is 8.32. The Morgan fingerprint density at radius 3 is 2.65 bits per heavy atom. The molecule has 0 spiro atoms. The molecule has 9 heteroatoms. The van der Waals surface area contributed by atoms with Gasteiger partial charge in [-0.15, -0.1) is 0 Å². The summed E-state index contributed by atoms with van der Waals surface area (Å²) in [5.41, 5.74) is 3.09. The normalized spacial score (nSPS) is 11.0. The minimum Gasteiger partial charge on any atom is -0.493 e. The number of carbonyl (C=O) groups is 1. The van der Waals surface area contributed by atoms with E-state index in [0.717, 1.165) is 11.1 Å². The first kappa shape index (κ1) is 21.5. The van der Waals surface area contributed by atoms with Gasteiger partial charge >= 0.3 is 5.97 Å². The Morgan fingerprint density at radius 2 is 1.94 bits per heavy atom. The van der Waals surface area contributed by atoms with Crippen LogP contribution in [0.4, 0.5) is 0 Å². The molecule has 0 unspecified atom stereocenters. The molecule has 0 aliphatic rings. The standard InChI is InChI=1S/C22H15BrCl2N2O4/c1-30-19-9-13(21-26-17-5-3-12(22(28)29)8-18(17)27-21)7-14(23)20(19)31-10-11-2-4-15(24)16(25)6-11/h2-9H,10H2,1H3,(H,26,27)(H,28,29). The van der Waals surface area contributed by atoms with E-state index in [1.807, 2.05) is 12.1 Å². The highest BCUT2D eigenvalue weighted by Gasteiger charge is 2.16. The van der Waals surface area contributed by atoms with E-state index in [1.54, 1.807) is 37.4 Å². The van der Waals surface area contributed by atoms with Crippen molar-refractivity contribution in [1.29, 1.82) is 0 Å². The summed E-state index contributed by atoms with van der Waals surface area (Å²) in [4.78, 5) is 18.9. The van der Waals surface area contributed by atoms with Crippen LogP contribution in [0.5, 0.6) is 11.5 Å². The van der Waals surface area contributed by atoms with Crippen LogP contribution in [0.25, 0.3) is 22.4 Å². The minimum absolute atomic E-state index is 0.188. The fraction of sp³-hybridized carbons (Fsp3) is 0.0909. The number of methoxy groups -OCH3 is 1. The molecule has 0 aliphatic heterocycles. The zero-order chi connectivity index (χ0) is 22.1. The molecule has 4 rings (SSSR count). The van der Waals surface area contributed by atoms with Crippen LogP contribution in [0, 0.1) is 0 Å². The molecule has 3 aromatic carbocycles. The maximum atomic E-state index is 11.2. The zero-order valence-corrected chi connectivity index (χ0v) is 19.2. The summed E-state index contributed by atoms with van der Waals surface area (Å²) in [7, 11) is 1.55. The number of aromatic amines is 1. The summed E-state index contributed by atoms with van der Waals surface area (Å²) in [5, 5.41) is 10.1. The van der Waals surface area contributed by atoms with Crippen molar-refractivity contribution >= 4 is 56.1 Å². The molecule has 0 fully saturated rings. The van der Waals surface area contributed by atoms with Gasteiger partial charge in [-0.2, -0.15) is 0 Å². The van der Waals surface area contributed by atoms with Crippen molar-refractivity contribution in [2.75, 3.05) is 7.11 Å². The number of nitrogens with one attached hydrogen (secondary N) is 1. The number of carboxylic acids is 1. The average molecular weight is 522 g/mol. The van der Waals surface area contributed by atoms with Crippen LogP contribution in [-0.4, -0.2) is 28.2 Å². The smallest absolute Gasteiger partial charge is 0.335 e. The Labute approximate surface area is 195 Å². The largest absolute Gasteiger partial charge is 0.493 e. The highest BCUT2D eigenvalue weighted by Crippen LogP contribution is 2.40. The molecule has 31 heavy (non-hydrogen) atoms. The van der Waals surface area contributed by atoms with E-state index in [9.17, 15) is 9.90 Å². The van der Waals surface area contributed by atoms with E-state index in [0.29, 0.717) is 42.9 Å². The monoisotopic (exact) mass is 520 g/mol. The molecule has 0 saturated carbocycles. The van der Waals surface area contributed by atoms with E-state index in [4.69, 9.17) is 32.7 Å². The van der Waals surface area contributed by atoms with Crippen molar-refractivity contribution < 1.29 is 19.4 Å². The van der Waals surface area contributed by atoms with Gasteiger partial charge in [-0.25, -0.2) is 9.78 Å². The third-order valence-electron chi connectivity index (χ3n) is 4.60. The number of halogens is 3.